The first kappa shape index (κ1) is 21.9. The van der Waals surface area contributed by atoms with Crippen LogP contribution in [0.4, 0.5) is 0 Å². The van der Waals surface area contributed by atoms with E-state index in [0.717, 1.165) is 18.8 Å². The molecule has 0 aliphatic rings. The van der Waals surface area contributed by atoms with Gasteiger partial charge in [-0.3, -0.25) is 0 Å². The summed E-state index contributed by atoms with van der Waals surface area (Å²) in [6.45, 7) is 6.81. The molecule has 0 fully saturated rings. The average molecular weight is 358 g/mol. The minimum atomic E-state index is -1.08. The monoisotopic (exact) mass is 356 g/mol. The SMILES string of the molecule is CCCCCCCCC(CCCCCC(C)C)C(Cl)(Cl)Cl. The summed E-state index contributed by atoms with van der Waals surface area (Å²) in [5, 5.41) is 0. The van der Waals surface area contributed by atoms with Crippen LogP contribution in [0.1, 0.15) is 97.8 Å². The van der Waals surface area contributed by atoms with Gasteiger partial charge in [-0.15, -0.1) is 0 Å². The molecule has 0 amide bonds. The smallest absolute Gasteiger partial charge is 0.0834 e. The van der Waals surface area contributed by atoms with Crippen molar-refractivity contribution in [1.82, 2.24) is 0 Å². The molecule has 0 nitrogen and oxygen atoms in total. The van der Waals surface area contributed by atoms with Gasteiger partial charge in [-0.1, -0.05) is 120 Å². The van der Waals surface area contributed by atoms with Crippen molar-refractivity contribution in [1.29, 1.82) is 0 Å². The average Bonchev–Trinajstić information content (AvgIpc) is 2.38. The number of hydrogen-bond acceptors (Lipinski definition) is 0. The van der Waals surface area contributed by atoms with Crippen LogP contribution in [0.3, 0.4) is 0 Å². The fourth-order valence-corrected chi connectivity index (χ4v) is 3.42. The molecule has 0 spiro atoms. The lowest BCUT2D eigenvalue weighted by Crippen LogP contribution is -2.19. The predicted molar refractivity (Wildman–Crippen MR) is 99.7 cm³/mol. The molecular formula is C18H35Cl3. The summed E-state index contributed by atoms with van der Waals surface area (Å²) in [6, 6.07) is 0. The van der Waals surface area contributed by atoms with Gasteiger partial charge in [0.1, 0.15) is 0 Å². The van der Waals surface area contributed by atoms with E-state index in [4.69, 9.17) is 34.8 Å². The molecule has 0 saturated carbocycles. The van der Waals surface area contributed by atoms with Gasteiger partial charge in [-0.2, -0.15) is 0 Å². The van der Waals surface area contributed by atoms with E-state index in [1.165, 1.54) is 64.2 Å². The zero-order chi connectivity index (χ0) is 16.1. The Morgan fingerprint density at radius 1 is 0.667 bits per heavy atom. The van der Waals surface area contributed by atoms with Crippen molar-refractivity contribution in [3.63, 3.8) is 0 Å². The van der Waals surface area contributed by atoms with Gasteiger partial charge in [0, 0.05) is 5.92 Å². The molecule has 3 heteroatoms. The van der Waals surface area contributed by atoms with Gasteiger partial charge < -0.3 is 0 Å². The molecule has 0 aromatic carbocycles. The van der Waals surface area contributed by atoms with Gasteiger partial charge in [-0.25, -0.2) is 0 Å². The van der Waals surface area contributed by atoms with Gasteiger partial charge >= 0.3 is 0 Å². The number of hydrogen-bond donors (Lipinski definition) is 0. The van der Waals surface area contributed by atoms with Crippen LogP contribution in [0, 0.1) is 11.8 Å². The minimum absolute atomic E-state index is 0.229. The molecular weight excluding hydrogens is 323 g/mol. The topological polar surface area (TPSA) is 0 Å². The summed E-state index contributed by atoms with van der Waals surface area (Å²) in [5.41, 5.74) is 0. The minimum Gasteiger partial charge on any atom is -0.0834 e. The van der Waals surface area contributed by atoms with Crippen LogP contribution in [0.5, 0.6) is 0 Å². The summed E-state index contributed by atoms with van der Waals surface area (Å²) in [4.78, 5) is 0. The largest absolute Gasteiger partial charge is 0.193 e. The predicted octanol–water partition coefficient (Wildman–Crippen LogP) is 8.33. The Bertz CT molecular complexity index is 221. The standard InChI is InChI=1S/C18H35Cl3/c1-4-5-6-7-8-11-14-17(18(19,20)21)15-12-9-10-13-16(2)3/h16-17H,4-15H2,1-3H3. The zero-order valence-corrected chi connectivity index (χ0v) is 16.5. The number of halogens is 3. The molecule has 0 radical (unpaired) electrons. The Balaban J connectivity index is 3.79. The highest BCUT2D eigenvalue weighted by Gasteiger charge is 2.31. The van der Waals surface area contributed by atoms with Crippen LogP contribution >= 0.6 is 34.8 Å². The lowest BCUT2D eigenvalue weighted by atomic mass is 9.95. The lowest BCUT2D eigenvalue weighted by molar-refractivity contribution is 0.404. The highest BCUT2D eigenvalue weighted by molar-refractivity contribution is 6.67. The van der Waals surface area contributed by atoms with Gasteiger partial charge in [0.15, 0.2) is 3.79 Å². The zero-order valence-electron chi connectivity index (χ0n) is 14.3. The van der Waals surface area contributed by atoms with Crippen LogP contribution in [-0.4, -0.2) is 3.79 Å². The van der Waals surface area contributed by atoms with E-state index in [1.54, 1.807) is 0 Å². The van der Waals surface area contributed by atoms with E-state index >= 15 is 0 Å². The van der Waals surface area contributed by atoms with Crippen molar-refractivity contribution in [3.8, 4) is 0 Å². The third-order valence-electron chi connectivity index (χ3n) is 4.20. The van der Waals surface area contributed by atoms with Crippen molar-refractivity contribution in [3.05, 3.63) is 0 Å². The molecule has 0 aromatic heterocycles. The maximum absolute atomic E-state index is 6.16. The molecule has 1 atom stereocenters. The van der Waals surface area contributed by atoms with Crippen molar-refractivity contribution in [2.75, 3.05) is 0 Å². The molecule has 0 rings (SSSR count). The van der Waals surface area contributed by atoms with Gasteiger partial charge in [0.2, 0.25) is 0 Å². The summed E-state index contributed by atoms with van der Waals surface area (Å²) in [5.74, 6) is 1.03. The second-order valence-corrected chi connectivity index (χ2v) is 9.20. The molecule has 0 bridgehead atoms. The van der Waals surface area contributed by atoms with Crippen LogP contribution in [0.2, 0.25) is 0 Å². The van der Waals surface area contributed by atoms with Gasteiger partial charge in [0.25, 0.3) is 0 Å². The lowest BCUT2D eigenvalue weighted by Gasteiger charge is -2.24. The Hall–Kier alpha value is 0.870. The molecule has 128 valence electrons. The molecule has 0 aliphatic carbocycles. The van der Waals surface area contributed by atoms with Crippen LogP contribution in [0.25, 0.3) is 0 Å². The molecule has 21 heavy (non-hydrogen) atoms. The van der Waals surface area contributed by atoms with Crippen molar-refractivity contribution in [2.24, 2.45) is 11.8 Å². The van der Waals surface area contributed by atoms with Crippen LogP contribution < -0.4 is 0 Å². The van der Waals surface area contributed by atoms with Crippen molar-refractivity contribution in [2.45, 2.75) is 102 Å². The van der Waals surface area contributed by atoms with E-state index in [2.05, 4.69) is 20.8 Å². The van der Waals surface area contributed by atoms with E-state index in [0.29, 0.717) is 0 Å². The number of rotatable bonds is 13. The molecule has 0 N–H and O–H groups in total. The van der Waals surface area contributed by atoms with E-state index in [-0.39, 0.29) is 5.92 Å². The van der Waals surface area contributed by atoms with Crippen molar-refractivity contribution < 1.29 is 0 Å². The van der Waals surface area contributed by atoms with Crippen molar-refractivity contribution >= 4 is 34.8 Å². The molecule has 0 saturated heterocycles. The normalized spacial score (nSPS) is 13.9. The fraction of sp³-hybridized carbons (Fsp3) is 1.00. The first-order valence-electron chi connectivity index (χ1n) is 8.94. The van der Waals surface area contributed by atoms with Crippen LogP contribution in [-0.2, 0) is 0 Å². The van der Waals surface area contributed by atoms with Gasteiger partial charge in [0.05, 0.1) is 0 Å². The third-order valence-corrected chi connectivity index (χ3v) is 5.13. The third kappa shape index (κ3) is 14.2. The highest BCUT2D eigenvalue weighted by Crippen LogP contribution is 2.41. The Kier molecular flexibility index (Phi) is 13.9. The van der Waals surface area contributed by atoms with Crippen LogP contribution in [0.15, 0.2) is 0 Å². The Morgan fingerprint density at radius 3 is 1.57 bits per heavy atom. The molecule has 0 aromatic rings. The maximum atomic E-state index is 6.16. The second-order valence-electron chi connectivity index (χ2n) is 6.83. The Labute approximate surface area is 148 Å². The summed E-state index contributed by atoms with van der Waals surface area (Å²) >= 11 is 18.5. The molecule has 0 heterocycles. The summed E-state index contributed by atoms with van der Waals surface area (Å²) in [6.07, 6.45) is 15.0. The molecule has 1 unspecified atom stereocenters. The number of unbranched alkanes of at least 4 members (excludes halogenated alkanes) is 7. The fourth-order valence-electron chi connectivity index (χ4n) is 2.76. The van der Waals surface area contributed by atoms with E-state index in [1.807, 2.05) is 0 Å². The highest BCUT2D eigenvalue weighted by atomic mass is 35.6. The van der Waals surface area contributed by atoms with E-state index < -0.39 is 3.79 Å². The first-order valence-corrected chi connectivity index (χ1v) is 10.1. The summed E-state index contributed by atoms with van der Waals surface area (Å²) in [7, 11) is 0. The van der Waals surface area contributed by atoms with E-state index in [9.17, 15) is 0 Å². The quantitative estimate of drug-likeness (QED) is 0.229. The molecule has 0 aliphatic heterocycles. The summed E-state index contributed by atoms with van der Waals surface area (Å²) < 4.78 is -1.08. The van der Waals surface area contributed by atoms with Gasteiger partial charge in [-0.05, 0) is 18.8 Å². The maximum Gasteiger partial charge on any atom is 0.193 e. The first-order chi connectivity index (χ1) is 9.88. The Morgan fingerprint density at radius 2 is 1.10 bits per heavy atom. The number of alkyl halides is 3. The second kappa shape index (κ2) is 13.3.